The first-order chi connectivity index (χ1) is 16.0. The number of Topliss-reactive ketones (excluding diaryl/α,β-unsaturated/α-hetero) is 1. The average molecular weight is 490 g/mol. The molecule has 0 amide bonds. The van der Waals surface area contributed by atoms with E-state index in [1.54, 1.807) is 16.7 Å². The maximum absolute atomic E-state index is 13.2. The van der Waals surface area contributed by atoms with Crippen LogP contribution in [0, 0.1) is 12.3 Å². The minimum atomic E-state index is -3.76. The van der Waals surface area contributed by atoms with E-state index >= 15 is 0 Å². The minimum absolute atomic E-state index is 0.000123. The zero-order valence-corrected chi connectivity index (χ0v) is 20.6. The average Bonchev–Trinajstić information content (AvgIpc) is 3.00. The van der Waals surface area contributed by atoms with Gasteiger partial charge in [-0.3, -0.25) is 14.3 Å². The molecule has 0 unspecified atom stereocenters. The van der Waals surface area contributed by atoms with Gasteiger partial charge in [0.25, 0.3) is 0 Å². The SMILES string of the molecule is Cc1c(Cc2ccccc2NS(=O)(=O)N2CCOCC2)c2c(n1CC(=O)O)CC(C)(C)CC2=O. The molecule has 1 aromatic heterocycles. The summed E-state index contributed by atoms with van der Waals surface area (Å²) < 4.78 is 36.9. The number of hydrogen-bond acceptors (Lipinski definition) is 5. The van der Waals surface area contributed by atoms with E-state index in [-0.39, 0.29) is 30.8 Å². The summed E-state index contributed by atoms with van der Waals surface area (Å²) in [6.45, 7) is 6.90. The van der Waals surface area contributed by atoms with Crippen LogP contribution < -0.4 is 4.72 Å². The number of aromatic nitrogens is 1. The van der Waals surface area contributed by atoms with Crippen LogP contribution in [0.15, 0.2) is 24.3 Å². The molecule has 4 rings (SSSR count). The molecule has 2 heterocycles. The van der Waals surface area contributed by atoms with E-state index in [9.17, 15) is 23.1 Å². The number of carbonyl (C=O) groups excluding carboxylic acids is 1. The van der Waals surface area contributed by atoms with E-state index < -0.39 is 16.2 Å². The van der Waals surface area contributed by atoms with Crippen LogP contribution in [0.25, 0.3) is 0 Å². The number of anilines is 1. The highest BCUT2D eigenvalue weighted by Crippen LogP contribution is 2.40. The summed E-state index contributed by atoms with van der Waals surface area (Å²) >= 11 is 0. The summed E-state index contributed by atoms with van der Waals surface area (Å²) in [7, 11) is -3.76. The number of carboxylic acids is 1. The van der Waals surface area contributed by atoms with Gasteiger partial charge in [0.1, 0.15) is 6.54 Å². The van der Waals surface area contributed by atoms with Gasteiger partial charge in [-0.1, -0.05) is 32.0 Å². The number of morpholine rings is 1. The molecule has 1 aliphatic heterocycles. The van der Waals surface area contributed by atoms with Crippen LogP contribution in [0.4, 0.5) is 5.69 Å². The number of para-hydroxylation sites is 1. The minimum Gasteiger partial charge on any atom is -0.480 e. The van der Waals surface area contributed by atoms with Crippen molar-refractivity contribution in [3.63, 3.8) is 0 Å². The number of carbonyl (C=O) groups is 2. The van der Waals surface area contributed by atoms with Crippen LogP contribution in [0.3, 0.4) is 0 Å². The summed E-state index contributed by atoms with van der Waals surface area (Å²) in [6.07, 6.45) is 1.30. The van der Waals surface area contributed by atoms with Crippen LogP contribution in [-0.4, -0.2) is 60.5 Å². The van der Waals surface area contributed by atoms with Crippen molar-refractivity contribution >= 4 is 27.6 Å². The summed E-state index contributed by atoms with van der Waals surface area (Å²) in [4.78, 5) is 24.8. The molecule has 1 saturated heterocycles. The molecule has 2 N–H and O–H groups in total. The third-order valence-electron chi connectivity index (χ3n) is 6.55. The van der Waals surface area contributed by atoms with Gasteiger partial charge in [0.2, 0.25) is 0 Å². The Balaban J connectivity index is 1.72. The molecule has 0 spiro atoms. The summed E-state index contributed by atoms with van der Waals surface area (Å²) in [5, 5.41) is 9.49. The molecule has 1 aliphatic carbocycles. The lowest BCUT2D eigenvalue weighted by atomic mass is 9.75. The fourth-order valence-corrected chi connectivity index (χ4v) is 6.16. The third kappa shape index (κ3) is 4.89. The zero-order chi connectivity index (χ0) is 24.7. The monoisotopic (exact) mass is 489 g/mol. The van der Waals surface area contributed by atoms with Crippen LogP contribution >= 0.6 is 0 Å². The van der Waals surface area contributed by atoms with Crippen LogP contribution in [0.1, 0.15) is 53.1 Å². The summed E-state index contributed by atoms with van der Waals surface area (Å²) in [6, 6.07) is 7.11. The number of carboxylic acid groups (broad SMARTS) is 1. The first-order valence-corrected chi connectivity index (χ1v) is 12.8. The smallest absolute Gasteiger partial charge is 0.323 e. The normalized spacial score (nSPS) is 18.5. The number of aliphatic carboxylic acids is 1. The van der Waals surface area contributed by atoms with Gasteiger partial charge in [0, 0.05) is 42.9 Å². The predicted molar refractivity (Wildman–Crippen MR) is 127 cm³/mol. The van der Waals surface area contributed by atoms with Gasteiger partial charge >= 0.3 is 16.2 Å². The quantitative estimate of drug-likeness (QED) is 0.617. The molecule has 184 valence electrons. The lowest BCUT2D eigenvalue weighted by molar-refractivity contribution is -0.137. The van der Waals surface area contributed by atoms with Gasteiger partial charge in [-0.2, -0.15) is 12.7 Å². The topological polar surface area (TPSA) is 118 Å². The van der Waals surface area contributed by atoms with E-state index in [1.165, 1.54) is 4.31 Å². The maximum Gasteiger partial charge on any atom is 0.323 e. The molecule has 2 aliphatic rings. The third-order valence-corrected chi connectivity index (χ3v) is 8.07. The van der Waals surface area contributed by atoms with Crippen molar-refractivity contribution in [2.24, 2.45) is 5.41 Å². The van der Waals surface area contributed by atoms with Gasteiger partial charge in [0.05, 0.1) is 18.9 Å². The molecule has 10 heteroatoms. The van der Waals surface area contributed by atoms with Crippen molar-refractivity contribution in [2.45, 2.75) is 46.6 Å². The molecule has 2 aromatic rings. The second kappa shape index (κ2) is 9.16. The van der Waals surface area contributed by atoms with Crippen molar-refractivity contribution < 1.29 is 27.9 Å². The van der Waals surface area contributed by atoms with E-state index in [4.69, 9.17) is 4.74 Å². The number of benzene rings is 1. The van der Waals surface area contributed by atoms with Gasteiger partial charge in [-0.25, -0.2) is 0 Å². The Kier molecular flexibility index (Phi) is 6.58. The maximum atomic E-state index is 13.2. The van der Waals surface area contributed by atoms with Crippen molar-refractivity contribution in [1.29, 1.82) is 0 Å². The first kappa shape index (κ1) is 24.4. The Labute approximate surface area is 199 Å². The second-order valence-electron chi connectivity index (χ2n) is 9.76. The predicted octanol–water partition coefficient (Wildman–Crippen LogP) is 2.62. The lowest BCUT2D eigenvalue weighted by Gasteiger charge is -2.30. The van der Waals surface area contributed by atoms with E-state index in [2.05, 4.69) is 4.72 Å². The van der Waals surface area contributed by atoms with Crippen molar-refractivity contribution in [3.05, 3.63) is 52.3 Å². The largest absolute Gasteiger partial charge is 0.480 e. The van der Waals surface area contributed by atoms with Gasteiger partial charge < -0.3 is 14.4 Å². The molecule has 34 heavy (non-hydrogen) atoms. The fourth-order valence-electron chi connectivity index (χ4n) is 4.93. The highest BCUT2D eigenvalue weighted by atomic mass is 32.2. The Hall–Kier alpha value is -2.69. The van der Waals surface area contributed by atoms with Crippen molar-refractivity contribution in [2.75, 3.05) is 31.0 Å². The molecular formula is C24H31N3O6S. The number of nitrogens with one attached hydrogen (secondary N) is 1. The fraction of sp³-hybridized carbons (Fsp3) is 0.500. The van der Waals surface area contributed by atoms with Crippen LogP contribution in [0.2, 0.25) is 0 Å². The molecule has 0 radical (unpaired) electrons. The number of ether oxygens (including phenoxy) is 1. The highest BCUT2D eigenvalue weighted by Gasteiger charge is 2.37. The van der Waals surface area contributed by atoms with E-state index in [0.29, 0.717) is 43.7 Å². The van der Waals surface area contributed by atoms with Crippen molar-refractivity contribution in [1.82, 2.24) is 8.87 Å². The van der Waals surface area contributed by atoms with Crippen molar-refractivity contribution in [3.8, 4) is 0 Å². The van der Waals surface area contributed by atoms with E-state index in [0.717, 1.165) is 22.5 Å². The first-order valence-electron chi connectivity index (χ1n) is 11.4. The highest BCUT2D eigenvalue weighted by molar-refractivity contribution is 7.90. The number of rotatable bonds is 7. The Morgan fingerprint density at radius 1 is 1.18 bits per heavy atom. The molecule has 0 atom stereocenters. The van der Waals surface area contributed by atoms with Gasteiger partial charge in [-0.05, 0) is 36.0 Å². The number of fused-ring (bicyclic) bond motifs is 1. The number of nitrogens with zero attached hydrogens (tertiary/aromatic N) is 2. The van der Waals surface area contributed by atoms with Crippen LogP contribution in [0.5, 0.6) is 0 Å². The Bertz CT molecular complexity index is 1230. The number of ketones is 1. The standard InChI is InChI=1S/C24H31N3O6S/c1-16-18(23-20(27(16)15-22(29)30)13-24(2,3)14-21(23)28)12-17-6-4-5-7-19(17)25-34(31,32)26-8-10-33-11-9-26/h4-7,25H,8-15H2,1-3H3,(H,29,30). The molecule has 9 nitrogen and oxygen atoms in total. The summed E-state index contributed by atoms with van der Waals surface area (Å²) in [5.74, 6) is -0.971. The van der Waals surface area contributed by atoms with E-state index in [1.807, 2.05) is 32.9 Å². The molecule has 1 fully saturated rings. The van der Waals surface area contributed by atoms with Gasteiger partial charge in [-0.15, -0.1) is 0 Å². The molecule has 0 saturated carbocycles. The number of hydrogen-bond donors (Lipinski definition) is 2. The molecular weight excluding hydrogens is 458 g/mol. The molecule has 1 aromatic carbocycles. The second-order valence-corrected chi connectivity index (χ2v) is 11.4. The van der Waals surface area contributed by atoms with Crippen LogP contribution in [-0.2, 0) is 39.1 Å². The molecule has 0 bridgehead atoms. The Morgan fingerprint density at radius 3 is 2.53 bits per heavy atom. The summed E-state index contributed by atoms with van der Waals surface area (Å²) in [5.41, 5.74) is 3.73. The lowest BCUT2D eigenvalue weighted by Crippen LogP contribution is -2.43. The van der Waals surface area contributed by atoms with Gasteiger partial charge in [0.15, 0.2) is 5.78 Å². The Morgan fingerprint density at radius 2 is 1.85 bits per heavy atom. The zero-order valence-electron chi connectivity index (χ0n) is 19.8.